The van der Waals surface area contributed by atoms with Gasteiger partial charge in [0.25, 0.3) is 0 Å². The lowest BCUT2D eigenvalue weighted by Crippen LogP contribution is -2.29. The Morgan fingerprint density at radius 2 is 0.696 bits per heavy atom. The highest BCUT2D eigenvalue weighted by Crippen LogP contribution is 2.13. The Morgan fingerprint density at radius 3 is 1.05 bits per heavy atom. The summed E-state index contributed by atoms with van der Waals surface area (Å²) in [5.41, 5.74) is 0. The van der Waals surface area contributed by atoms with Crippen LogP contribution in [0.4, 0.5) is 0 Å². The number of carbonyl (C=O) groups is 4. The molecule has 0 unspecified atom stereocenters. The topological polar surface area (TPSA) is 129 Å². The van der Waals surface area contributed by atoms with Gasteiger partial charge in [-0.3, -0.25) is 19.2 Å². The number of esters is 4. The van der Waals surface area contributed by atoms with Crippen molar-refractivity contribution in [2.24, 2.45) is 5.92 Å². The fraction of sp³-hybridized carbons (Fsp3) is 0.913. The second kappa shape index (κ2) is 42.4. The summed E-state index contributed by atoms with van der Waals surface area (Å²) in [6.45, 7) is 9.64. The lowest BCUT2D eigenvalue weighted by atomic mass is 10.1. The molecule has 0 aliphatic rings. The Bertz CT molecular complexity index is 885. The van der Waals surface area contributed by atoms with Gasteiger partial charge in [0.2, 0.25) is 0 Å². The number of rotatable bonds is 43. The van der Waals surface area contributed by atoms with Crippen molar-refractivity contribution in [3.05, 3.63) is 0 Å². The molecule has 0 aromatic carbocycles. The van der Waals surface area contributed by atoms with E-state index >= 15 is 0 Å². The van der Waals surface area contributed by atoms with E-state index in [4.69, 9.17) is 18.9 Å². The summed E-state index contributed by atoms with van der Waals surface area (Å²) in [5.74, 6) is -1.36. The van der Waals surface area contributed by atoms with Gasteiger partial charge in [0.15, 0.2) is 0 Å². The van der Waals surface area contributed by atoms with E-state index < -0.39 is 5.92 Å². The predicted octanol–water partition coefficient (Wildman–Crippen LogP) is 10.8. The van der Waals surface area contributed by atoms with E-state index in [2.05, 4.69) is 25.7 Å². The highest BCUT2D eigenvalue weighted by Gasteiger charge is 2.18. The van der Waals surface area contributed by atoms with Gasteiger partial charge in [0, 0.05) is 32.2 Å². The molecule has 0 saturated carbocycles. The fourth-order valence-corrected chi connectivity index (χ4v) is 6.63. The van der Waals surface area contributed by atoms with E-state index in [9.17, 15) is 24.3 Å². The van der Waals surface area contributed by atoms with Gasteiger partial charge >= 0.3 is 23.9 Å². The molecular formula is C46H87NO9. The average Bonchev–Trinajstić information content (AvgIpc) is 3.19. The van der Waals surface area contributed by atoms with Crippen LogP contribution in [0.25, 0.3) is 0 Å². The molecule has 1 N–H and O–H groups in total. The predicted molar refractivity (Wildman–Crippen MR) is 226 cm³/mol. The Kier molecular flexibility index (Phi) is 40.7. The number of nitrogens with zero attached hydrogens (tertiary/aromatic N) is 1. The Balaban J connectivity index is 4.24. The molecule has 0 spiro atoms. The summed E-state index contributed by atoms with van der Waals surface area (Å²) >= 11 is 0. The van der Waals surface area contributed by atoms with E-state index in [0.29, 0.717) is 38.8 Å². The highest BCUT2D eigenvalue weighted by molar-refractivity contribution is 5.70. The van der Waals surface area contributed by atoms with Crippen molar-refractivity contribution in [1.82, 2.24) is 4.90 Å². The van der Waals surface area contributed by atoms with Crippen molar-refractivity contribution >= 4 is 23.9 Å². The van der Waals surface area contributed by atoms with Crippen LogP contribution in [-0.4, -0.2) is 86.6 Å². The van der Waals surface area contributed by atoms with Crippen molar-refractivity contribution in [3.8, 4) is 0 Å². The van der Waals surface area contributed by atoms with Gasteiger partial charge in [-0.1, -0.05) is 143 Å². The van der Waals surface area contributed by atoms with Crippen molar-refractivity contribution in [1.29, 1.82) is 0 Å². The molecule has 56 heavy (non-hydrogen) atoms. The molecular weight excluding hydrogens is 711 g/mol. The standard InChI is InChI=1S/C46H87NO9/c1-4-7-10-13-14-15-16-17-20-29-38-53-43(49)30-25-21-27-34-47(36-37-48)35-28-22-26-33-46(52)56-41-42(39-54-44(50)31-23-18-11-8-5-2)40-55-45(51)32-24-19-12-9-6-3/h42,48H,4-41H2,1-3H3. The van der Waals surface area contributed by atoms with Crippen LogP contribution < -0.4 is 0 Å². The second-order valence-electron chi connectivity index (χ2n) is 15.8. The number of ether oxygens (including phenoxy) is 4. The van der Waals surface area contributed by atoms with Crippen LogP contribution in [0.15, 0.2) is 0 Å². The number of hydrogen-bond acceptors (Lipinski definition) is 10. The monoisotopic (exact) mass is 798 g/mol. The normalized spacial score (nSPS) is 11.3. The first-order chi connectivity index (χ1) is 27.4. The summed E-state index contributed by atoms with van der Waals surface area (Å²) < 4.78 is 21.9. The molecule has 0 aromatic rings. The Morgan fingerprint density at radius 1 is 0.393 bits per heavy atom. The summed E-state index contributed by atoms with van der Waals surface area (Å²) in [7, 11) is 0. The van der Waals surface area contributed by atoms with Crippen molar-refractivity contribution < 1.29 is 43.2 Å². The largest absolute Gasteiger partial charge is 0.466 e. The van der Waals surface area contributed by atoms with Gasteiger partial charge in [0.1, 0.15) is 19.8 Å². The highest BCUT2D eigenvalue weighted by atomic mass is 16.6. The first-order valence-electron chi connectivity index (χ1n) is 23.3. The molecule has 0 atom stereocenters. The maximum absolute atomic E-state index is 12.6. The molecule has 0 fully saturated rings. The molecule has 0 rings (SSSR count). The zero-order valence-corrected chi connectivity index (χ0v) is 36.6. The van der Waals surface area contributed by atoms with Crippen molar-refractivity contribution in [2.45, 2.75) is 213 Å². The van der Waals surface area contributed by atoms with E-state index in [0.717, 1.165) is 122 Å². The molecule has 330 valence electrons. The number of hydrogen-bond donors (Lipinski definition) is 1. The molecule has 0 aromatic heterocycles. The van der Waals surface area contributed by atoms with Gasteiger partial charge < -0.3 is 29.0 Å². The third-order valence-corrected chi connectivity index (χ3v) is 10.3. The molecule has 0 bridgehead atoms. The Labute approximate surface area is 343 Å². The van der Waals surface area contributed by atoms with Gasteiger partial charge in [0.05, 0.1) is 19.1 Å². The first kappa shape index (κ1) is 53.8. The zero-order chi connectivity index (χ0) is 41.2. The summed E-state index contributed by atoms with van der Waals surface area (Å²) in [4.78, 5) is 51.5. The van der Waals surface area contributed by atoms with Gasteiger partial charge in [-0.15, -0.1) is 0 Å². The maximum Gasteiger partial charge on any atom is 0.305 e. The van der Waals surface area contributed by atoms with Gasteiger partial charge in [-0.2, -0.15) is 0 Å². The van der Waals surface area contributed by atoms with Crippen molar-refractivity contribution in [3.63, 3.8) is 0 Å². The zero-order valence-electron chi connectivity index (χ0n) is 36.6. The van der Waals surface area contributed by atoms with Crippen LogP contribution in [0, 0.1) is 5.92 Å². The smallest absolute Gasteiger partial charge is 0.305 e. The number of unbranched alkanes of at least 4 members (excludes halogenated alkanes) is 21. The third-order valence-electron chi connectivity index (χ3n) is 10.3. The molecule has 0 saturated heterocycles. The first-order valence-corrected chi connectivity index (χ1v) is 23.3. The molecule has 0 heterocycles. The third kappa shape index (κ3) is 38.7. The molecule has 10 heteroatoms. The minimum Gasteiger partial charge on any atom is -0.466 e. The van der Waals surface area contributed by atoms with E-state index in [1.165, 1.54) is 51.4 Å². The van der Waals surface area contributed by atoms with Crippen LogP contribution in [0.3, 0.4) is 0 Å². The van der Waals surface area contributed by atoms with Crippen LogP contribution in [0.2, 0.25) is 0 Å². The SMILES string of the molecule is CCCCCCCCCCCCOC(=O)CCCCCN(CCO)CCCCCC(=O)OCC(COC(=O)CCCCCCC)COC(=O)CCCCCCC. The van der Waals surface area contributed by atoms with E-state index in [1.54, 1.807) is 0 Å². The van der Waals surface area contributed by atoms with Crippen LogP contribution >= 0.6 is 0 Å². The fourth-order valence-electron chi connectivity index (χ4n) is 6.63. The van der Waals surface area contributed by atoms with Crippen molar-refractivity contribution in [2.75, 3.05) is 52.7 Å². The second-order valence-corrected chi connectivity index (χ2v) is 15.8. The number of aliphatic hydroxyl groups is 1. The van der Waals surface area contributed by atoms with Gasteiger partial charge in [-0.05, 0) is 58.0 Å². The number of aliphatic hydroxyl groups excluding tert-OH is 1. The molecule has 0 aliphatic carbocycles. The summed E-state index contributed by atoms with van der Waals surface area (Å²) in [6.07, 6.45) is 29.7. The van der Waals surface area contributed by atoms with Crippen LogP contribution in [0.1, 0.15) is 213 Å². The molecule has 10 nitrogen and oxygen atoms in total. The van der Waals surface area contributed by atoms with E-state index in [-0.39, 0.29) is 56.7 Å². The summed E-state index contributed by atoms with van der Waals surface area (Å²) in [5, 5.41) is 9.54. The quantitative estimate of drug-likeness (QED) is 0.0362. The molecule has 0 amide bonds. The van der Waals surface area contributed by atoms with Crippen LogP contribution in [0.5, 0.6) is 0 Å². The molecule has 0 aliphatic heterocycles. The van der Waals surface area contributed by atoms with Gasteiger partial charge in [-0.25, -0.2) is 0 Å². The lowest BCUT2D eigenvalue weighted by molar-refractivity contribution is -0.153. The number of carbonyl (C=O) groups excluding carboxylic acids is 4. The minimum absolute atomic E-state index is 0.0355. The lowest BCUT2D eigenvalue weighted by Gasteiger charge is -2.21. The van der Waals surface area contributed by atoms with E-state index in [1.807, 2.05) is 0 Å². The summed E-state index contributed by atoms with van der Waals surface area (Å²) in [6, 6.07) is 0. The Hall–Kier alpha value is -2.20. The average molecular weight is 798 g/mol. The van der Waals surface area contributed by atoms with Crippen LogP contribution in [-0.2, 0) is 38.1 Å². The molecule has 0 radical (unpaired) electrons. The maximum atomic E-state index is 12.6. The minimum atomic E-state index is -0.404.